The molecule has 13 heteroatoms. The Morgan fingerprint density at radius 3 is 1.63 bits per heavy atom. The largest absolute Gasteiger partial charge is 0.483 e. The number of amides is 1. The second-order valence-corrected chi connectivity index (χ2v) is 13.6. The van der Waals surface area contributed by atoms with Crippen LogP contribution in [0.4, 0.5) is 0 Å². The van der Waals surface area contributed by atoms with Crippen LogP contribution in [0.3, 0.4) is 0 Å². The van der Waals surface area contributed by atoms with Crippen molar-refractivity contribution in [3.63, 3.8) is 0 Å². The van der Waals surface area contributed by atoms with E-state index < -0.39 is 33.9 Å². The maximum Gasteiger partial charge on any atom is 0.483 e. The van der Waals surface area contributed by atoms with Crippen LogP contribution in [0.1, 0.15) is 130 Å². The third-order valence-corrected chi connectivity index (χ3v) is 8.24. The molecule has 0 aromatic heterocycles. The van der Waals surface area contributed by atoms with E-state index in [1.54, 1.807) is 6.92 Å². The minimum atomic E-state index is -5.18. The average Bonchev–Trinajstić information content (AvgIpc) is 2.77. The molecule has 0 heterocycles. The lowest BCUT2D eigenvalue weighted by Crippen LogP contribution is -2.35. The summed E-state index contributed by atoms with van der Waals surface area (Å²) in [4.78, 5) is 30.1. The van der Waals surface area contributed by atoms with Gasteiger partial charge in [0.25, 0.3) is 0 Å². The maximum absolute atomic E-state index is 12.5. The third kappa shape index (κ3) is 27.2. The monoisotopic (exact) mass is 590 g/mol. The van der Waals surface area contributed by atoms with Gasteiger partial charge in [0.15, 0.2) is 0 Å². The molecule has 0 saturated heterocycles. The average molecular weight is 591 g/mol. The van der Waals surface area contributed by atoms with Gasteiger partial charge in [0, 0.05) is 12.5 Å². The number of carbonyl (C=O) groups excluding carboxylic acids is 1. The Bertz CT molecular complexity index is 684. The molecule has 0 aliphatic carbocycles. The van der Waals surface area contributed by atoms with Crippen LogP contribution < -0.4 is 11.5 Å². The number of hydrogen-bond acceptors (Lipinski definition) is 8. The maximum atomic E-state index is 12.5. The van der Waals surface area contributed by atoms with Crippen molar-refractivity contribution in [2.45, 2.75) is 142 Å². The fourth-order valence-corrected chi connectivity index (χ4v) is 6.07. The summed E-state index contributed by atoms with van der Waals surface area (Å²) in [6, 6.07) is -0.594. The first kappa shape index (κ1) is 39.8. The van der Waals surface area contributed by atoms with E-state index in [1.807, 2.05) is 0 Å². The topological polar surface area (TPSA) is 187 Å². The van der Waals surface area contributed by atoms with Crippen LogP contribution in [0, 0.1) is 0 Å². The Kier molecular flexibility index (Phi) is 23.4. The lowest BCUT2D eigenvalue weighted by molar-refractivity contribution is -0.122. The van der Waals surface area contributed by atoms with Crippen LogP contribution in [-0.2, 0) is 27.3 Å². The van der Waals surface area contributed by atoms with Gasteiger partial charge in [-0.25, -0.2) is 9.13 Å². The van der Waals surface area contributed by atoms with Crippen LogP contribution >= 0.6 is 15.6 Å². The Morgan fingerprint density at radius 2 is 1.24 bits per heavy atom. The molecule has 0 radical (unpaired) electrons. The normalized spacial score (nSPS) is 14.5. The molecular formula is C25H56N2O9P2. The molecule has 7 N–H and O–H groups in total. The first-order chi connectivity index (χ1) is 17.3. The molecule has 0 aromatic carbocycles. The number of phosphoric ester groups is 1. The molecule has 0 aliphatic heterocycles. The summed E-state index contributed by atoms with van der Waals surface area (Å²) >= 11 is 0. The van der Waals surface area contributed by atoms with Gasteiger partial charge in [0.05, 0.1) is 18.8 Å². The van der Waals surface area contributed by atoms with Crippen LogP contribution in [0.2, 0.25) is 0 Å². The van der Waals surface area contributed by atoms with Gasteiger partial charge < -0.3 is 26.4 Å². The number of unbranched alkanes of at least 4 members (excludes halogenated alkanes) is 14. The van der Waals surface area contributed by atoms with Crippen molar-refractivity contribution in [2.24, 2.45) is 0 Å². The van der Waals surface area contributed by atoms with E-state index in [1.165, 1.54) is 90.9 Å². The Balaban J connectivity index is 0. The van der Waals surface area contributed by atoms with Crippen molar-refractivity contribution in [3.05, 3.63) is 0 Å². The van der Waals surface area contributed by atoms with E-state index in [0.29, 0.717) is 6.42 Å². The highest BCUT2D eigenvalue weighted by molar-refractivity contribution is 7.61. The van der Waals surface area contributed by atoms with Crippen molar-refractivity contribution in [1.29, 1.82) is 0 Å². The summed E-state index contributed by atoms with van der Waals surface area (Å²) in [5.74, 6) is -0.186. The molecule has 0 rings (SSSR count). The summed E-state index contributed by atoms with van der Waals surface area (Å²) < 4.78 is 37.7. The SMILES string of the molecule is CCCCCCCCCCCCCCCCCC(=O)NC(C)COP(=O)(OCC(C)(C)O)OP(=O)(O)O.N. The van der Waals surface area contributed by atoms with E-state index in [2.05, 4.69) is 16.6 Å². The molecule has 0 bridgehead atoms. The van der Waals surface area contributed by atoms with Gasteiger partial charge in [-0.15, -0.1) is 0 Å². The summed E-state index contributed by atoms with van der Waals surface area (Å²) in [7, 11) is -9.84. The molecule has 11 nitrogen and oxygen atoms in total. The van der Waals surface area contributed by atoms with Gasteiger partial charge in [-0.05, 0) is 27.2 Å². The zero-order valence-electron chi connectivity index (χ0n) is 24.2. The summed E-state index contributed by atoms with van der Waals surface area (Å²) in [6.07, 6.45) is 19.1. The van der Waals surface area contributed by atoms with E-state index >= 15 is 0 Å². The van der Waals surface area contributed by atoms with Crippen molar-refractivity contribution in [1.82, 2.24) is 11.5 Å². The van der Waals surface area contributed by atoms with Crippen molar-refractivity contribution in [2.75, 3.05) is 13.2 Å². The van der Waals surface area contributed by atoms with E-state index in [9.17, 15) is 19.0 Å². The number of nitrogens with one attached hydrogen (secondary N) is 1. The highest BCUT2D eigenvalue weighted by Gasteiger charge is 2.38. The highest BCUT2D eigenvalue weighted by atomic mass is 31.3. The molecule has 38 heavy (non-hydrogen) atoms. The fourth-order valence-electron chi connectivity index (χ4n) is 3.70. The molecule has 0 spiro atoms. The van der Waals surface area contributed by atoms with Gasteiger partial charge in [0.1, 0.15) is 0 Å². The number of aliphatic hydroxyl groups is 1. The van der Waals surface area contributed by atoms with E-state index in [-0.39, 0.29) is 18.7 Å². The van der Waals surface area contributed by atoms with Gasteiger partial charge in [-0.1, -0.05) is 96.8 Å². The predicted octanol–water partition coefficient (Wildman–Crippen LogP) is 6.94. The zero-order valence-corrected chi connectivity index (χ0v) is 26.0. The fraction of sp³-hybridized carbons (Fsp3) is 0.960. The van der Waals surface area contributed by atoms with Crippen LogP contribution in [0.15, 0.2) is 0 Å². The molecule has 1 amide bonds. The summed E-state index contributed by atoms with van der Waals surface area (Å²) in [6.45, 7) is 5.67. The van der Waals surface area contributed by atoms with Crippen LogP contribution in [0.25, 0.3) is 0 Å². The molecular weight excluding hydrogens is 534 g/mol. The number of rotatable bonds is 25. The van der Waals surface area contributed by atoms with Gasteiger partial charge >= 0.3 is 15.6 Å². The molecule has 230 valence electrons. The van der Waals surface area contributed by atoms with Crippen LogP contribution in [-0.4, -0.2) is 45.7 Å². The van der Waals surface area contributed by atoms with Gasteiger partial charge in [-0.2, -0.15) is 4.31 Å². The standard InChI is InChI=1S/C25H53NO9P2.H3N/c1-5-6-7-8-9-10-11-12-13-14-15-16-17-18-19-20-24(27)26-23(2)21-33-37(32,35-36(29,30)31)34-22-25(3,4)28;/h23,28H,5-22H2,1-4H3,(H,26,27)(H2,29,30,31);1H3. The lowest BCUT2D eigenvalue weighted by atomic mass is 10.0. The van der Waals surface area contributed by atoms with Crippen molar-refractivity contribution in [3.8, 4) is 0 Å². The first-order valence-electron chi connectivity index (χ1n) is 13.9. The Morgan fingerprint density at radius 1 is 0.816 bits per heavy atom. The van der Waals surface area contributed by atoms with E-state index in [4.69, 9.17) is 18.8 Å². The first-order valence-corrected chi connectivity index (χ1v) is 16.9. The summed E-state index contributed by atoms with van der Waals surface area (Å²) in [5, 5.41) is 12.4. The number of phosphoric acid groups is 2. The van der Waals surface area contributed by atoms with Gasteiger partial charge in [-0.3, -0.25) is 13.8 Å². The quantitative estimate of drug-likeness (QED) is 0.0551. The van der Waals surface area contributed by atoms with Crippen LogP contribution in [0.5, 0.6) is 0 Å². The van der Waals surface area contributed by atoms with Crippen molar-refractivity contribution < 1.29 is 42.2 Å². The summed E-state index contributed by atoms with van der Waals surface area (Å²) in [5.41, 5.74) is -1.43. The van der Waals surface area contributed by atoms with Gasteiger partial charge in [0.2, 0.25) is 5.91 Å². The zero-order chi connectivity index (χ0) is 28.2. The second-order valence-electron chi connectivity index (χ2n) is 10.6. The highest BCUT2D eigenvalue weighted by Crippen LogP contribution is 2.61. The smallest absolute Gasteiger partial charge is 0.388 e. The number of hydrogen-bond donors (Lipinski definition) is 5. The molecule has 0 aromatic rings. The lowest BCUT2D eigenvalue weighted by Gasteiger charge is -2.24. The predicted molar refractivity (Wildman–Crippen MR) is 151 cm³/mol. The molecule has 0 saturated carbocycles. The molecule has 0 aliphatic rings. The Labute approximate surface area is 230 Å². The molecule has 0 fully saturated rings. The molecule has 2 atom stereocenters. The van der Waals surface area contributed by atoms with E-state index in [0.717, 1.165) is 19.3 Å². The third-order valence-electron chi connectivity index (χ3n) is 5.68. The number of carbonyl (C=O) groups is 1. The second kappa shape index (κ2) is 22.4. The molecule has 2 unspecified atom stereocenters. The van der Waals surface area contributed by atoms with Crippen molar-refractivity contribution >= 4 is 21.6 Å². The minimum Gasteiger partial charge on any atom is -0.388 e. The Hall–Kier alpha value is -0.350. The minimum absolute atomic E-state index is 0.